The molecule has 0 amide bonds. The van der Waals surface area contributed by atoms with Crippen LogP contribution in [0.25, 0.3) is 0 Å². The molecule has 28 heavy (non-hydrogen) atoms. The van der Waals surface area contributed by atoms with Gasteiger partial charge in [-0.3, -0.25) is 9.59 Å². The summed E-state index contributed by atoms with van der Waals surface area (Å²) in [7, 11) is 1.27. The third-order valence-corrected chi connectivity index (χ3v) is 5.13. The van der Waals surface area contributed by atoms with E-state index in [1.807, 2.05) is 0 Å². The van der Waals surface area contributed by atoms with E-state index in [0.717, 1.165) is 0 Å². The number of phenolic OH excluding ortho intramolecular Hbond substituents is 2. The molecule has 2 N–H and O–H groups in total. The van der Waals surface area contributed by atoms with E-state index in [9.17, 15) is 24.6 Å². The molecule has 2 aromatic carbocycles. The van der Waals surface area contributed by atoms with Crippen LogP contribution < -0.4 is 4.74 Å². The highest BCUT2D eigenvalue weighted by molar-refractivity contribution is 6.44. The molecule has 2 aromatic rings. The maximum absolute atomic E-state index is 12.5. The van der Waals surface area contributed by atoms with Crippen molar-refractivity contribution < 1.29 is 34.1 Å². The number of esters is 1. The zero-order chi connectivity index (χ0) is 20.0. The van der Waals surface area contributed by atoms with Crippen LogP contribution in [0.1, 0.15) is 27.4 Å². The molecule has 2 aliphatic rings. The maximum Gasteiger partial charge on any atom is 0.338 e. The molecule has 0 radical (unpaired) electrons. The maximum atomic E-state index is 12.5. The SMILES string of the molecule is COC(=O)c1ccccc1C1c2ccc(O)c(O)c2OC2C(=O)C(=O)C=CC21. The lowest BCUT2D eigenvalue weighted by molar-refractivity contribution is -0.140. The molecule has 0 spiro atoms. The molecule has 0 aromatic heterocycles. The molecular weight excluding hydrogens is 364 g/mol. The zero-order valence-electron chi connectivity index (χ0n) is 14.8. The highest BCUT2D eigenvalue weighted by Gasteiger charge is 2.47. The topological polar surface area (TPSA) is 110 Å². The number of benzene rings is 2. The number of fused-ring (bicyclic) bond motifs is 2. The van der Waals surface area contributed by atoms with Gasteiger partial charge in [0.05, 0.1) is 12.7 Å². The molecule has 0 bridgehead atoms. The van der Waals surface area contributed by atoms with Crippen LogP contribution in [0.4, 0.5) is 0 Å². The van der Waals surface area contributed by atoms with Gasteiger partial charge in [-0.05, 0) is 23.8 Å². The van der Waals surface area contributed by atoms with Gasteiger partial charge in [0.1, 0.15) is 0 Å². The number of hydrogen-bond acceptors (Lipinski definition) is 7. The van der Waals surface area contributed by atoms with Crippen molar-refractivity contribution in [2.24, 2.45) is 5.92 Å². The standard InChI is InChI=1S/C21H16O7/c1-27-21(26)11-5-3-2-4-10(11)16-12-6-8-14(22)17(24)19(12)28-20-13(16)7-9-15(23)18(20)25/h2-9,12,16,19,23,25H,1H3. The summed E-state index contributed by atoms with van der Waals surface area (Å²) in [6, 6.07) is 9.63. The highest BCUT2D eigenvalue weighted by atomic mass is 16.5. The Bertz CT molecular complexity index is 1040. The number of phenols is 2. The summed E-state index contributed by atoms with van der Waals surface area (Å²) in [4.78, 5) is 36.6. The number of hydrogen-bond donors (Lipinski definition) is 2. The van der Waals surface area contributed by atoms with E-state index in [4.69, 9.17) is 9.47 Å². The lowest BCUT2D eigenvalue weighted by atomic mass is 9.71. The van der Waals surface area contributed by atoms with Crippen LogP contribution in [-0.2, 0) is 14.3 Å². The molecular formula is C21H16O7. The van der Waals surface area contributed by atoms with E-state index in [2.05, 4.69) is 0 Å². The molecule has 3 atom stereocenters. The van der Waals surface area contributed by atoms with Gasteiger partial charge < -0.3 is 19.7 Å². The van der Waals surface area contributed by atoms with Crippen LogP contribution in [0.5, 0.6) is 17.2 Å². The normalized spacial score (nSPS) is 22.8. The summed E-state index contributed by atoms with van der Waals surface area (Å²) in [6.07, 6.45) is 1.61. The first-order valence-corrected chi connectivity index (χ1v) is 8.59. The smallest absolute Gasteiger partial charge is 0.338 e. The second kappa shape index (κ2) is 6.53. The van der Waals surface area contributed by atoms with Crippen molar-refractivity contribution in [1.82, 2.24) is 0 Å². The zero-order valence-corrected chi connectivity index (χ0v) is 14.8. The molecule has 1 heterocycles. The molecule has 0 saturated heterocycles. The van der Waals surface area contributed by atoms with E-state index >= 15 is 0 Å². The molecule has 142 valence electrons. The lowest BCUT2D eigenvalue weighted by Crippen LogP contribution is -2.46. The molecule has 0 fully saturated rings. The monoisotopic (exact) mass is 380 g/mol. The summed E-state index contributed by atoms with van der Waals surface area (Å²) < 4.78 is 10.5. The third-order valence-electron chi connectivity index (χ3n) is 5.13. The Labute approximate surface area is 159 Å². The molecule has 7 nitrogen and oxygen atoms in total. The first kappa shape index (κ1) is 17.8. The number of allylic oxidation sites excluding steroid dienone is 1. The predicted molar refractivity (Wildman–Crippen MR) is 96.5 cm³/mol. The first-order valence-electron chi connectivity index (χ1n) is 8.59. The number of carbonyl (C=O) groups is 3. The van der Waals surface area contributed by atoms with Gasteiger partial charge in [-0.25, -0.2) is 4.79 Å². The fourth-order valence-corrected chi connectivity index (χ4v) is 3.83. The number of ether oxygens (including phenoxy) is 2. The van der Waals surface area contributed by atoms with Crippen molar-refractivity contribution >= 4 is 17.5 Å². The van der Waals surface area contributed by atoms with Gasteiger partial charge in [-0.2, -0.15) is 0 Å². The molecule has 3 unspecified atom stereocenters. The van der Waals surface area contributed by atoms with Gasteiger partial charge >= 0.3 is 5.97 Å². The van der Waals surface area contributed by atoms with Gasteiger partial charge in [0.25, 0.3) is 0 Å². The Morgan fingerprint density at radius 3 is 2.57 bits per heavy atom. The van der Waals surface area contributed by atoms with Gasteiger partial charge in [0.2, 0.25) is 17.3 Å². The van der Waals surface area contributed by atoms with Crippen LogP contribution in [-0.4, -0.2) is 41.0 Å². The first-order chi connectivity index (χ1) is 13.4. The second-order valence-electron chi connectivity index (χ2n) is 6.61. The Morgan fingerprint density at radius 2 is 1.82 bits per heavy atom. The molecule has 1 aliphatic heterocycles. The number of ketones is 2. The average molecular weight is 380 g/mol. The Morgan fingerprint density at radius 1 is 1.07 bits per heavy atom. The van der Waals surface area contributed by atoms with E-state index in [-0.39, 0.29) is 5.75 Å². The molecule has 1 aliphatic carbocycles. The van der Waals surface area contributed by atoms with Crippen molar-refractivity contribution in [2.75, 3.05) is 7.11 Å². The molecule has 0 saturated carbocycles. The number of carbonyl (C=O) groups excluding carboxylic acids is 3. The Balaban J connectivity index is 1.99. The van der Waals surface area contributed by atoms with Crippen molar-refractivity contribution in [3.63, 3.8) is 0 Å². The van der Waals surface area contributed by atoms with Crippen LogP contribution in [0.15, 0.2) is 48.6 Å². The average Bonchev–Trinajstić information content (AvgIpc) is 2.72. The summed E-state index contributed by atoms with van der Waals surface area (Å²) in [6.45, 7) is 0. The van der Waals surface area contributed by atoms with E-state index in [0.29, 0.717) is 16.7 Å². The van der Waals surface area contributed by atoms with E-state index in [1.54, 1.807) is 36.4 Å². The summed E-state index contributed by atoms with van der Waals surface area (Å²) >= 11 is 0. The molecule has 4 rings (SSSR count). The van der Waals surface area contributed by atoms with Crippen LogP contribution in [0, 0.1) is 5.92 Å². The third kappa shape index (κ3) is 2.55. The van der Waals surface area contributed by atoms with Crippen molar-refractivity contribution in [2.45, 2.75) is 12.0 Å². The second-order valence-corrected chi connectivity index (χ2v) is 6.61. The van der Waals surface area contributed by atoms with Gasteiger partial charge in [-0.15, -0.1) is 0 Å². The van der Waals surface area contributed by atoms with Crippen LogP contribution in [0.3, 0.4) is 0 Å². The van der Waals surface area contributed by atoms with Gasteiger partial charge in [-0.1, -0.05) is 30.3 Å². The Kier molecular flexibility index (Phi) is 4.15. The Hall–Kier alpha value is -3.61. The van der Waals surface area contributed by atoms with E-state index < -0.39 is 47.0 Å². The predicted octanol–water partition coefficient (Wildman–Crippen LogP) is 2.10. The van der Waals surface area contributed by atoms with E-state index in [1.165, 1.54) is 19.3 Å². The molecule has 7 heteroatoms. The number of Topliss-reactive ketones (excluding diaryl/α,β-unsaturated/α-hetero) is 1. The summed E-state index contributed by atoms with van der Waals surface area (Å²) in [5.41, 5.74) is 1.34. The summed E-state index contributed by atoms with van der Waals surface area (Å²) in [5, 5.41) is 20.2. The minimum Gasteiger partial charge on any atom is -0.504 e. The fraction of sp³-hybridized carbons (Fsp3) is 0.190. The minimum absolute atomic E-state index is 0.0811. The highest BCUT2D eigenvalue weighted by Crippen LogP contribution is 2.52. The van der Waals surface area contributed by atoms with Crippen molar-refractivity contribution in [3.8, 4) is 17.2 Å². The van der Waals surface area contributed by atoms with Crippen LogP contribution >= 0.6 is 0 Å². The van der Waals surface area contributed by atoms with Gasteiger partial charge in [0.15, 0.2) is 17.6 Å². The lowest BCUT2D eigenvalue weighted by Gasteiger charge is -2.39. The minimum atomic E-state index is -1.17. The van der Waals surface area contributed by atoms with Gasteiger partial charge in [0, 0.05) is 17.4 Å². The number of rotatable bonds is 2. The van der Waals surface area contributed by atoms with Crippen molar-refractivity contribution in [1.29, 1.82) is 0 Å². The summed E-state index contributed by atoms with van der Waals surface area (Å²) in [5.74, 6) is -4.18. The van der Waals surface area contributed by atoms with Crippen molar-refractivity contribution in [3.05, 3.63) is 65.2 Å². The number of methoxy groups -OCH3 is 1. The quantitative estimate of drug-likeness (QED) is 0.466. The number of aromatic hydroxyl groups is 2. The fourth-order valence-electron chi connectivity index (χ4n) is 3.83. The van der Waals surface area contributed by atoms with Crippen LogP contribution in [0.2, 0.25) is 0 Å². The largest absolute Gasteiger partial charge is 0.504 e.